The zero-order chi connectivity index (χ0) is 10.1. The highest BCUT2D eigenvalue weighted by Crippen LogP contribution is 2.28. The fourth-order valence-corrected chi connectivity index (χ4v) is 1.71. The first-order valence-electron chi connectivity index (χ1n) is 5.19. The Morgan fingerprint density at radius 2 is 2.00 bits per heavy atom. The molecule has 0 radical (unpaired) electrons. The molecular weight excluding hydrogens is 162 g/mol. The van der Waals surface area contributed by atoms with Crippen molar-refractivity contribution in [3.05, 3.63) is 0 Å². The van der Waals surface area contributed by atoms with Crippen LogP contribution in [0.1, 0.15) is 40.5 Å². The molecule has 0 amide bonds. The molecule has 2 heteroatoms. The van der Waals surface area contributed by atoms with Gasteiger partial charge in [0.2, 0.25) is 0 Å². The smallest absolute Gasteiger partial charge is 0.0654 e. The number of hydrogen-bond acceptors (Lipinski definition) is 2. The molecule has 13 heavy (non-hydrogen) atoms. The molecule has 0 spiro atoms. The van der Waals surface area contributed by atoms with Crippen LogP contribution in [-0.4, -0.2) is 36.2 Å². The lowest BCUT2D eigenvalue weighted by molar-refractivity contribution is -0.0517. The third-order valence-electron chi connectivity index (χ3n) is 2.95. The molecule has 0 N–H and O–H groups in total. The van der Waals surface area contributed by atoms with Crippen molar-refractivity contribution in [1.82, 2.24) is 4.90 Å². The monoisotopic (exact) mass is 185 g/mol. The van der Waals surface area contributed by atoms with Crippen LogP contribution in [0.25, 0.3) is 0 Å². The Morgan fingerprint density at radius 1 is 1.38 bits per heavy atom. The fourth-order valence-electron chi connectivity index (χ4n) is 1.71. The van der Waals surface area contributed by atoms with Gasteiger partial charge in [-0.05, 0) is 54.1 Å². The second-order valence-electron chi connectivity index (χ2n) is 5.42. The molecule has 0 aliphatic carbocycles. The molecule has 0 saturated carbocycles. The number of ether oxygens (including phenoxy) is 1. The molecule has 1 saturated heterocycles. The Hall–Kier alpha value is -0.0800. The standard InChI is InChI=1S/C11H23NO/c1-10(2,3)13-9-11(4)7-6-8-12(11)5/h6-9H2,1-5H3. The van der Waals surface area contributed by atoms with Gasteiger partial charge in [-0.15, -0.1) is 0 Å². The Bertz CT molecular complexity index is 173. The summed E-state index contributed by atoms with van der Waals surface area (Å²) < 4.78 is 5.84. The first kappa shape index (κ1) is 11.0. The van der Waals surface area contributed by atoms with Crippen LogP contribution in [0, 0.1) is 0 Å². The van der Waals surface area contributed by atoms with Crippen LogP contribution in [0.2, 0.25) is 0 Å². The lowest BCUT2D eigenvalue weighted by Gasteiger charge is -2.34. The molecule has 1 unspecified atom stereocenters. The summed E-state index contributed by atoms with van der Waals surface area (Å²) >= 11 is 0. The van der Waals surface area contributed by atoms with Gasteiger partial charge in [0.1, 0.15) is 0 Å². The fraction of sp³-hybridized carbons (Fsp3) is 1.00. The molecule has 0 aromatic carbocycles. The van der Waals surface area contributed by atoms with E-state index in [-0.39, 0.29) is 11.1 Å². The van der Waals surface area contributed by atoms with Gasteiger partial charge >= 0.3 is 0 Å². The summed E-state index contributed by atoms with van der Waals surface area (Å²) in [5, 5.41) is 0. The van der Waals surface area contributed by atoms with E-state index >= 15 is 0 Å². The lowest BCUT2D eigenvalue weighted by Crippen LogP contribution is -2.44. The molecule has 1 atom stereocenters. The lowest BCUT2D eigenvalue weighted by atomic mass is 10.0. The van der Waals surface area contributed by atoms with Crippen molar-refractivity contribution in [2.75, 3.05) is 20.2 Å². The molecule has 1 rings (SSSR count). The van der Waals surface area contributed by atoms with Gasteiger partial charge < -0.3 is 4.74 Å². The SMILES string of the molecule is CN1CCCC1(C)COC(C)(C)C. The Balaban J connectivity index is 2.43. The maximum absolute atomic E-state index is 5.84. The number of likely N-dealkylation sites (N-methyl/N-ethyl adjacent to an activating group) is 1. The third-order valence-corrected chi connectivity index (χ3v) is 2.95. The van der Waals surface area contributed by atoms with Gasteiger partial charge in [-0.1, -0.05) is 0 Å². The van der Waals surface area contributed by atoms with E-state index in [2.05, 4.69) is 39.6 Å². The van der Waals surface area contributed by atoms with Crippen molar-refractivity contribution < 1.29 is 4.74 Å². The second kappa shape index (κ2) is 3.58. The summed E-state index contributed by atoms with van der Waals surface area (Å²) in [4.78, 5) is 2.42. The summed E-state index contributed by atoms with van der Waals surface area (Å²) in [7, 11) is 2.19. The van der Waals surface area contributed by atoms with Crippen molar-refractivity contribution in [2.24, 2.45) is 0 Å². The summed E-state index contributed by atoms with van der Waals surface area (Å²) in [6.07, 6.45) is 2.57. The first-order valence-corrected chi connectivity index (χ1v) is 5.19. The maximum atomic E-state index is 5.84. The van der Waals surface area contributed by atoms with Crippen molar-refractivity contribution in [1.29, 1.82) is 0 Å². The molecule has 1 aliphatic heterocycles. The molecule has 1 aliphatic rings. The molecule has 0 aromatic rings. The Kier molecular flexibility index (Phi) is 3.03. The van der Waals surface area contributed by atoms with E-state index in [0.717, 1.165) is 6.61 Å². The van der Waals surface area contributed by atoms with E-state index in [0.29, 0.717) is 0 Å². The van der Waals surface area contributed by atoms with Gasteiger partial charge in [0.05, 0.1) is 12.2 Å². The topological polar surface area (TPSA) is 12.5 Å². The van der Waals surface area contributed by atoms with E-state index in [9.17, 15) is 0 Å². The van der Waals surface area contributed by atoms with Crippen LogP contribution in [0.3, 0.4) is 0 Å². The summed E-state index contributed by atoms with van der Waals surface area (Å²) in [6.45, 7) is 10.7. The van der Waals surface area contributed by atoms with Crippen molar-refractivity contribution in [2.45, 2.75) is 51.7 Å². The van der Waals surface area contributed by atoms with Crippen LogP contribution in [0.5, 0.6) is 0 Å². The highest BCUT2D eigenvalue weighted by molar-refractivity contribution is 4.90. The highest BCUT2D eigenvalue weighted by Gasteiger charge is 2.35. The van der Waals surface area contributed by atoms with Crippen molar-refractivity contribution in [3.8, 4) is 0 Å². The van der Waals surface area contributed by atoms with Crippen LogP contribution >= 0.6 is 0 Å². The van der Waals surface area contributed by atoms with Crippen molar-refractivity contribution >= 4 is 0 Å². The number of hydrogen-bond donors (Lipinski definition) is 0. The molecule has 78 valence electrons. The van der Waals surface area contributed by atoms with Gasteiger partial charge in [-0.25, -0.2) is 0 Å². The molecular formula is C11H23NO. The minimum absolute atomic E-state index is 0.00750. The summed E-state index contributed by atoms with van der Waals surface area (Å²) in [6, 6.07) is 0. The molecule has 1 heterocycles. The van der Waals surface area contributed by atoms with Crippen LogP contribution in [-0.2, 0) is 4.74 Å². The zero-order valence-electron chi connectivity index (χ0n) is 9.68. The zero-order valence-corrected chi connectivity index (χ0v) is 9.68. The first-order chi connectivity index (χ1) is 5.83. The number of likely N-dealkylation sites (tertiary alicyclic amines) is 1. The van der Waals surface area contributed by atoms with E-state index < -0.39 is 0 Å². The van der Waals surface area contributed by atoms with E-state index in [1.165, 1.54) is 19.4 Å². The quantitative estimate of drug-likeness (QED) is 0.654. The number of rotatable bonds is 2. The second-order valence-corrected chi connectivity index (χ2v) is 5.42. The van der Waals surface area contributed by atoms with Crippen LogP contribution in [0.15, 0.2) is 0 Å². The summed E-state index contributed by atoms with van der Waals surface area (Å²) in [5.74, 6) is 0. The van der Waals surface area contributed by atoms with Crippen LogP contribution in [0.4, 0.5) is 0 Å². The Morgan fingerprint density at radius 3 is 2.38 bits per heavy atom. The van der Waals surface area contributed by atoms with Crippen molar-refractivity contribution in [3.63, 3.8) is 0 Å². The number of nitrogens with zero attached hydrogens (tertiary/aromatic N) is 1. The van der Waals surface area contributed by atoms with E-state index in [1.807, 2.05) is 0 Å². The highest BCUT2D eigenvalue weighted by atomic mass is 16.5. The third kappa shape index (κ3) is 2.96. The van der Waals surface area contributed by atoms with Crippen LogP contribution < -0.4 is 0 Å². The van der Waals surface area contributed by atoms with Gasteiger partial charge in [-0.3, -0.25) is 4.90 Å². The predicted molar refractivity (Wildman–Crippen MR) is 56.0 cm³/mol. The van der Waals surface area contributed by atoms with Gasteiger partial charge in [0.15, 0.2) is 0 Å². The Labute approximate surface area is 82.3 Å². The maximum Gasteiger partial charge on any atom is 0.0654 e. The van der Waals surface area contributed by atoms with Gasteiger partial charge in [0, 0.05) is 5.54 Å². The largest absolute Gasteiger partial charge is 0.374 e. The average molecular weight is 185 g/mol. The normalized spacial score (nSPS) is 31.2. The molecule has 0 aromatic heterocycles. The minimum atomic E-state index is -0.00750. The summed E-state index contributed by atoms with van der Waals surface area (Å²) in [5.41, 5.74) is 0.264. The molecule has 0 bridgehead atoms. The van der Waals surface area contributed by atoms with E-state index in [4.69, 9.17) is 4.74 Å². The average Bonchev–Trinajstić information content (AvgIpc) is 2.29. The van der Waals surface area contributed by atoms with Gasteiger partial charge in [-0.2, -0.15) is 0 Å². The van der Waals surface area contributed by atoms with E-state index in [1.54, 1.807) is 0 Å². The molecule has 1 fully saturated rings. The predicted octanol–water partition coefficient (Wildman–Crippen LogP) is 2.29. The molecule has 2 nitrogen and oxygen atoms in total. The van der Waals surface area contributed by atoms with Gasteiger partial charge in [0.25, 0.3) is 0 Å². The minimum Gasteiger partial charge on any atom is -0.374 e.